The van der Waals surface area contributed by atoms with E-state index in [9.17, 15) is 28.1 Å². The lowest BCUT2D eigenvalue weighted by Crippen LogP contribution is -2.44. The molecule has 0 aliphatic heterocycles. The van der Waals surface area contributed by atoms with Crippen molar-refractivity contribution in [2.45, 2.75) is 43.8 Å². The van der Waals surface area contributed by atoms with Crippen molar-refractivity contribution in [1.29, 1.82) is 0 Å². The summed E-state index contributed by atoms with van der Waals surface area (Å²) in [5.41, 5.74) is -1.14. The Labute approximate surface area is 149 Å². The van der Waals surface area contributed by atoms with Crippen LogP contribution in [-0.4, -0.2) is 29.7 Å². The molecule has 1 aromatic rings. The lowest BCUT2D eigenvalue weighted by atomic mass is 9.75. The number of nitro groups is 1. The molecule has 0 amide bonds. The molecular formula is C18H20F3NO4. The van der Waals surface area contributed by atoms with Crippen LogP contribution in [0.3, 0.4) is 0 Å². The summed E-state index contributed by atoms with van der Waals surface area (Å²) in [5.74, 6) is -4.18. The molecule has 0 unspecified atom stereocenters. The van der Waals surface area contributed by atoms with E-state index in [1.165, 1.54) is 12.1 Å². The van der Waals surface area contributed by atoms with Gasteiger partial charge in [-0.1, -0.05) is 42.0 Å². The summed E-state index contributed by atoms with van der Waals surface area (Å²) < 4.78 is 45.7. The van der Waals surface area contributed by atoms with Gasteiger partial charge in [0.15, 0.2) is 0 Å². The van der Waals surface area contributed by atoms with Gasteiger partial charge in [0.2, 0.25) is 5.54 Å². The fraction of sp³-hybridized carbons (Fsp3) is 0.500. The minimum atomic E-state index is -4.67. The number of rotatable bonds is 5. The van der Waals surface area contributed by atoms with E-state index in [2.05, 4.69) is 11.3 Å². The molecule has 2 rings (SSSR count). The van der Waals surface area contributed by atoms with Gasteiger partial charge < -0.3 is 4.74 Å². The number of nitrogens with zero attached hydrogens (tertiary/aromatic N) is 1. The minimum Gasteiger partial charge on any atom is -0.469 e. The zero-order valence-electron chi connectivity index (χ0n) is 14.5. The molecule has 0 aromatic heterocycles. The van der Waals surface area contributed by atoms with Crippen LogP contribution < -0.4 is 0 Å². The number of carbonyl (C=O) groups is 1. The van der Waals surface area contributed by atoms with Crippen LogP contribution >= 0.6 is 0 Å². The van der Waals surface area contributed by atoms with E-state index in [1.54, 1.807) is 19.1 Å². The third kappa shape index (κ3) is 3.59. The topological polar surface area (TPSA) is 69.4 Å². The minimum absolute atomic E-state index is 0.221. The molecule has 142 valence electrons. The standard InChI is InChI=1S/C18H20F3NO4/c1-11-4-6-13(7-5-11)16-15(18(19,20)21)12(2)10-17(16,22(24)25)9-8-14(23)26-3/h4-7,15-16H,2,8-10H2,1,3H3/t15-,16-,17+/m0/s1. The molecule has 0 heterocycles. The molecule has 0 spiro atoms. The van der Waals surface area contributed by atoms with Crippen molar-refractivity contribution >= 4 is 5.97 Å². The quantitative estimate of drug-likeness (QED) is 0.337. The second-order valence-corrected chi connectivity index (χ2v) is 6.68. The van der Waals surface area contributed by atoms with Crippen LogP contribution in [0.4, 0.5) is 13.2 Å². The van der Waals surface area contributed by atoms with E-state index in [-0.39, 0.29) is 24.0 Å². The number of hydrogen-bond donors (Lipinski definition) is 0. The number of esters is 1. The molecule has 1 aliphatic carbocycles. The lowest BCUT2D eigenvalue weighted by Gasteiger charge is -2.31. The van der Waals surface area contributed by atoms with Gasteiger partial charge in [0, 0.05) is 17.8 Å². The van der Waals surface area contributed by atoms with Gasteiger partial charge in [-0.2, -0.15) is 13.2 Å². The molecular weight excluding hydrogens is 351 g/mol. The predicted molar refractivity (Wildman–Crippen MR) is 88.2 cm³/mol. The average molecular weight is 371 g/mol. The normalized spacial score (nSPS) is 26.0. The monoisotopic (exact) mass is 371 g/mol. The molecule has 8 heteroatoms. The Balaban J connectivity index is 2.59. The van der Waals surface area contributed by atoms with E-state index >= 15 is 0 Å². The van der Waals surface area contributed by atoms with Crippen LogP contribution in [0.25, 0.3) is 0 Å². The maximum atomic E-state index is 13.7. The van der Waals surface area contributed by atoms with E-state index in [0.717, 1.165) is 12.7 Å². The van der Waals surface area contributed by atoms with Crippen molar-refractivity contribution in [2.24, 2.45) is 5.92 Å². The lowest BCUT2D eigenvalue weighted by molar-refractivity contribution is -0.574. The summed E-state index contributed by atoms with van der Waals surface area (Å²) in [6.07, 6.45) is -5.79. The van der Waals surface area contributed by atoms with E-state index in [0.29, 0.717) is 0 Å². The highest BCUT2D eigenvalue weighted by Gasteiger charge is 2.66. The summed E-state index contributed by atoms with van der Waals surface area (Å²) >= 11 is 0. The molecule has 1 saturated carbocycles. The first-order valence-corrected chi connectivity index (χ1v) is 8.05. The SMILES string of the molecule is C=C1C[C@@](CCC(=O)OC)([N+](=O)[O-])[C@@H](c2ccc(C)cc2)[C@H]1C(F)(F)F. The molecule has 0 N–H and O–H groups in total. The number of carbonyl (C=O) groups excluding carboxylic acids is 1. The van der Waals surface area contributed by atoms with Gasteiger partial charge in [-0.05, 0) is 12.5 Å². The highest BCUT2D eigenvalue weighted by Crippen LogP contribution is 2.58. The molecule has 1 aliphatic rings. The summed E-state index contributed by atoms with van der Waals surface area (Å²) in [4.78, 5) is 22.7. The second-order valence-electron chi connectivity index (χ2n) is 6.68. The first-order valence-electron chi connectivity index (χ1n) is 8.05. The third-order valence-corrected chi connectivity index (χ3v) is 5.03. The predicted octanol–water partition coefficient (Wildman–Crippen LogP) is 4.19. The van der Waals surface area contributed by atoms with Crippen molar-refractivity contribution in [2.75, 3.05) is 7.11 Å². The Bertz CT molecular complexity index is 714. The van der Waals surface area contributed by atoms with Gasteiger partial charge >= 0.3 is 12.1 Å². The highest BCUT2D eigenvalue weighted by molar-refractivity contribution is 5.69. The van der Waals surface area contributed by atoms with Crippen LogP contribution in [0.5, 0.6) is 0 Å². The van der Waals surface area contributed by atoms with Gasteiger partial charge in [0.05, 0.1) is 25.4 Å². The Kier molecular flexibility index (Phi) is 5.44. The molecule has 1 fully saturated rings. The van der Waals surface area contributed by atoms with Crippen LogP contribution in [-0.2, 0) is 9.53 Å². The van der Waals surface area contributed by atoms with E-state index in [1.807, 2.05) is 0 Å². The Morgan fingerprint density at radius 1 is 1.38 bits per heavy atom. The summed E-state index contributed by atoms with van der Waals surface area (Å²) in [7, 11) is 1.13. The molecule has 1 aromatic carbocycles. The average Bonchev–Trinajstić information content (AvgIpc) is 2.87. The first kappa shape index (κ1) is 19.9. The molecule has 0 saturated heterocycles. The fourth-order valence-corrected chi connectivity index (χ4v) is 3.79. The maximum absolute atomic E-state index is 13.7. The van der Waals surface area contributed by atoms with Crippen LogP contribution in [0.15, 0.2) is 36.4 Å². The van der Waals surface area contributed by atoms with Crippen molar-refractivity contribution < 1.29 is 27.6 Å². The smallest absolute Gasteiger partial charge is 0.396 e. The van der Waals surface area contributed by atoms with Gasteiger partial charge in [0.25, 0.3) is 0 Å². The number of benzene rings is 1. The van der Waals surface area contributed by atoms with E-state index < -0.39 is 40.9 Å². The molecule has 0 bridgehead atoms. The largest absolute Gasteiger partial charge is 0.469 e. The summed E-state index contributed by atoms with van der Waals surface area (Å²) in [5, 5.41) is 11.9. The molecule has 0 radical (unpaired) electrons. The van der Waals surface area contributed by atoms with Crippen LogP contribution in [0, 0.1) is 23.0 Å². The zero-order chi connectivity index (χ0) is 19.7. The van der Waals surface area contributed by atoms with Crippen molar-refractivity contribution in [3.63, 3.8) is 0 Å². The highest BCUT2D eigenvalue weighted by atomic mass is 19.4. The van der Waals surface area contributed by atoms with Crippen LogP contribution in [0.1, 0.15) is 36.3 Å². The van der Waals surface area contributed by atoms with Gasteiger partial charge in [-0.25, -0.2) is 0 Å². The number of halogens is 3. The Morgan fingerprint density at radius 3 is 2.42 bits per heavy atom. The van der Waals surface area contributed by atoms with E-state index in [4.69, 9.17) is 0 Å². The van der Waals surface area contributed by atoms with Crippen molar-refractivity contribution in [1.82, 2.24) is 0 Å². The van der Waals surface area contributed by atoms with Crippen LogP contribution in [0.2, 0.25) is 0 Å². The van der Waals surface area contributed by atoms with Gasteiger partial charge in [-0.15, -0.1) is 0 Å². The van der Waals surface area contributed by atoms with Crippen molar-refractivity contribution in [3.05, 3.63) is 57.7 Å². The van der Waals surface area contributed by atoms with Gasteiger partial charge in [0.1, 0.15) is 0 Å². The maximum Gasteiger partial charge on any atom is 0.396 e. The number of hydrogen-bond acceptors (Lipinski definition) is 4. The first-order chi connectivity index (χ1) is 12.0. The number of ether oxygens (including phenoxy) is 1. The molecule has 26 heavy (non-hydrogen) atoms. The molecule has 3 atom stereocenters. The Hall–Kier alpha value is -2.38. The number of alkyl halides is 3. The summed E-state index contributed by atoms with van der Waals surface area (Å²) in [6.45, 7) is 5.25. The molecule has 5 nitrogen and oxygen atoms in total. The second kappa shape index (κ2) is 7.09. The fourth-order valence-electron chi connectivity index (χ4n) is 3.79. The Morgan fingerprint density at radius 2 is 1.96 bits per heavy atom. The summed E-state index contributed by atoms with van der Waals surface area (Å²) in [6, 6.07) is 6.20. The number of methoxy groups -OCH3 is 1. The number of aryl methyl sites for hydroxylation is 1. The van der Waals surface area contributed by atoms with Crippen molar-refractivity contribution in [3.8, 4) is 0 Å². The third-order valence-electron chi connectivity index (χ3n) is 5.03. The van der Waals surface area contributed by atoms with Gasteiger partial charge in [-0.3, -0.25) is 14.9 Å². The zero-order valence-corrected chi connectivity index (χ0v) is 14.5.